The summed E-state index contributed by atoms with van der Waals surface area (Å²) in [6.07, 6.45) is 1.62. The maximum atomic E-state index is 13.5. The van der Waals surface area contributed by atoms with Gasteiger partial charge in [-0.05, 0) is 70.5 Å². The van der Waals surface area contributed by atoms with Crippen LogP contribution in [0, 0.1) is 23.5 Å². The number of amides is 2. The van der Waals surface area contributed by atoms with Gasteiger partial charge in [0, 0.05) is 31.3 Å². The highest BCUT2D eigenvalue weighted by atomic mass is 35.5. The smallest absolute Gasteiger partial charge is 0.288 e. The third-order valence-electron chi connectivity index (χ3n) is 9.20. The lowest BCUT2D eigenvalue weighted by Gasteiger charge is -2.21. The number of ketones is 2. The van der Waals surface area contributed by atoms with E-state index in [1.54, 1.807) is 6.07 Å². The fraction of sp³-hybridized carbons (Fsp3) is 0.282. The van der Waals surface area contributed by atoms with Gasteiger partial charge in [0.15, 0.2) is 0 Å². The molecule has 0 unspecified atom stereocenters. The van der Waals surface area contributed by atoms with E-state index in [2.05, 4.69) is 10.6 Å². The molecule has 4 aromatic rings. The van der Waals surface area contributed by atoms with E-state index in [0.29, 0.717) is 24.0 Å². The zero-order chi connectivity index (χ0) is 39.2. The lowest BCUT2D eigenvalue weighted by atomic mass is 10.0. The Morgan fingerprint density at radius 3 is 1.57 bits per heavy atom. The van der Waals surface area contributed by atoms with Crippen molar-refractivity contribution in [3.8, 4) is 0 Å². The Balaban J connectivity index is 0.000000210. The second-order valence-corrected chi connectivity index (χ2v) is 15.6. The van der Waals surface area contributed by atoms with Crippen LogP contribution < -0.4 is 10.6 Å². The minimum Gasteiger partial charge on any atom is -0.396 e. The van der Waals surface area contributed by atoms with Gasteiger partial charge >= 0.3 is 0 Å². The summed E-state index contributed by atoms with van der Waals surface area (Å²) in [6.45, 7) is -0.203. The van der Waals surface area contributed by atoms with Gasteiger partial charge in [-0.1, -0.05) is 83.9 Å². The molecule has 4 aromatic carbocycles. The van der Waals surface area contributed by atoms with Gasteiger partial charge < -0.3 is 15.7 Å². The molecule has 4 atom stereocenters. The molecular formula is C39H36Cl2F2N2O8S. The highest BCUT2D eigenvalue weighted by Crippen LogP contribution is 2.37. The molecule has 15 heteroatoms. The summed E-state index contributed by atoms with van der Waals surface area (Å²) < 4.78 is 54.6. The molecule has 3 N–H and O–H groups in total. The second-order valence-electron chi connectivity index (χ2n) is 13.1. The minimum atomic E-state index is -3.64. The van der Waals surface area contributed by atoms with E-state index in [1.165, 1.54) is 24.3 Å². The van der Waals surface area contributed by atoms with Crippen molar-refractivity contribution in [1.82, 2.24) is 10.6 Å². The maximum Gasteiger partial charge on any atom is 0.288 e. The first kappa shape index (κ1) is 40.7. The highest BCUT2D eigenvalue weighted by Gasteiger charge is 2.36. The van der Waals surface area contributed by atoms with Gasteiger partial charge in [0.05, 0.1) is 35.0 Å². The van der Waals surface area contributed by atoms with E-state index in [9.17, 15) is 41.5 Å². The number of aliphatic hydroxyl groups excluding tert-OH is 1. The zero-order valence-corrected chi connectivity index (χ0v) is 31.2. The fourth-order valence-corrected chi connectivity index (χ4v) is 7.21. The topological polar surface area (TPSA) is 156 Å². The average Bonchev–Trinajstić information content (AvgIpc) is 3.67. The molecule has 0 radical (unpaired) electrons. The number of hydrogen-bond acceptors (Lipinski definition) is 8. The Hall–Kier alpha value is -4.53. The Morgan fingerprint density at radius 2 is 1.15 bits per heavy atom. The van der Waals surface area contributed by atoms with Crippen LogP contribution >= 0.6 is 23.2 Å². The third-order valence-corrected chi connectivity index (χ3v) is 10.4. The highest BCUT2D eigenvalue weighted by molar-refractivity contribution is 7.85. The first-order chi connectivity index (χ1) is 25.6. The van der Waals surface area contributed by atoms with Crippen molar-refractivity contribution >= 4 is 56.7 Å². The van der Waals surface area contributed by atoms with Crippen molar-refractivity contribution in [3.63, 3.8) is 0 Å². The van der Waals surface area contributed by atoms with Crippen LogP contribution in [-0.4, -0.2) is 56.4 Å². The van der Waals surface area contributed by atoms with Gasteiger partial charge in [-0.25, -0.2) is 8.78 Å². The molecule has 0 bridgehead atoms. The Labute approximate surface area is 320 Å². The van der Waals surface area contributed by atoms with Crippen LogP contribution in [0.5, 0.6) is 0 Å². The van der Waals surface area contributed by atoms with Gasteiger partial charge in [-0.15, -0.1) is 0 Å². The predicted octanol–water partition coefficient (Wildman–Crippen LogP) is 5.21. The summed E-state index contributed by atoms with van der Waals surface area (Å²) in [5.41, 5.74) is 4.45. The molecular weight excluding hydrogens is 765 g/mol. The number of fused-ring (bicyclic) bond motifs is 2. The average molecular weight is 802 g/mol. The Kier molecular flexibility index (Phi) is 13.4. The number of aliphatic hydroxyl groups is 1. The van der Waals surface area contributed by atoms with Crippen molar-refractivity contribution in [2.75, 3.05) is 19.5 Å². The molecule has 284 valence electrons. The molecule has 0 saturated carbocycles. The maximum absolute atomic E-state index is 13.5. The lowest BCUT2D eigenvalue weighted by molar-refractivity contribution is -0.138. The van der Waals surface area contributed by atoms with E-state index in [0.717, 1.165) is 40.6 Å². The number of benzene rings is 4. The van der Waals surface area contributed by atoms with Crippen LogP contribution in [0.15, 0.2) is 84.9 Å². The predicted molar refractivity (Wildman–Crippen MR) is 197 cm³/mol. The molecule has 2 aliphatic carbocycles. The van der Waals surface area contributed by atoms with E-state index in [-0.39, 0.29) is 47.9 Å². The van der Waals surface area contributed by atoms with Crippen LogP contribution in [0.4, 0.5) is 8.78 Å². The standard InChI is InChI=1S/C20H19ClFNO5S.C19H17ClFNO3/c1-29(26,27)28-11-14-10-13-4-2-3-5-15(13)19(14)23-20(25)18(24)9-12-6-7-16(21)17(22)8-12;20-15-6-5-11(7-16(15)21)8-17(24)19(25)22-18-13(10-23)9-12-3-1-2-4-14(12)18/h2-8,14,19H,9-11H2,1H3,(H,23,25);1-7,13,18,23H,8-10H2,(H,22,25)/t14-,19-;13-,18-/m11/s1. The quantitative estimate of drug-likeness (QED) is 0.130. The Morgan fingerprint density at radius 1 is 0.722 bits per heavy atom. The number of rotatable bonds is 12. The van der Waals surface area contributed by atoms with Crippen LogP contribution in [0.25, 0.3) is 0 Å². The molecule has 0 saturated heterocycles. The van der Waals surface area contributed by atoms with Crippen LogP contribution in [-0.2, 0) is 59.2 Å². The van der Waals surface area contributed by atoms with Gasteiger partial charge in [0.1, 0.15) is 11.6 Å². The monoisotopic (exact) mass is 800 g/mol. The SMILES string of the molecule is CS(=O)(=O)OC[C@H]1Cc2ccccc2[C@@H]1NC(=O)C(=O)Cc1ccc(Cl)c(F)c1.O=C(Cc1ccc(Cl)c(F)c1)C(=O)N[C@H]1c2ccccc2C[C@@H]1CO. The first-order valence-electron chi connectivity index (χ1n) is 16.8. The first-order valence-corrected chi connectivity index (χ1v) is 19.4. The van der Waals surface area contributed by atoms with Crippen molar-refractivity contribution in [3.05, 3.63) is 140 Å². The number of hydrogen-bond donors (Lipinski definition) is 3. The molecule has 2 aliphatic rings. The van der Waals surface area contributed by atoms with Gasteiger partial charge in [-0.2, -0.15) is 8.42 Å². The van der Waals surface area contributed by atoms with E-state index in [1.807, 2.05) is 42.5 Å². The fourth-order valence-electron chi connectivity index (χ4n) is 6.56. The molecule has 0 spiro atoms. The normalized spacial score (nSPS) is 18.5. The molecule has 0 aromatic heterocycles. The minimum absolute atomic E-state index is 0.0333. The summed E-state index contributed by atoms with van der Waals surface area (Å²) in [7, 11) is -3.64. The molecule has 10 nitrogen and oxygen atoms in total. The molecule has 0 fully saturated rings. The molecule has 54 heavy (non-hydrogen) atoms. The summed E-state index contributed by atoms with van der Waals surface area (Å²) in [6, 6.07) is 21.9. The number of carbonyl (C=O) groups is 4. The molecule has 2 amide bonds. The second kappa shape index (κ2) is 17.7. The van der Waals surface area contributed by atoms with Crippen LogP contribution in [0.3, 0.4) is 0 Å². The van der Waals surface area contributed by atoms with E-state index in [4.69, 9.17) is 27.4 Å². The van der Waals surface area contributed by atoms with E-state index < -0.39 is 57.2 Å². The number of carbonyl (C=O) groups excluding carboxylic acids is 4. The van der Waals surface area contributed by atoms with Crippen LogP contribution in [0.2, 0.25) is 10.0 Å². The van der Waals surface area contributed by atoms with Gasteiger partial charge in [0.25, 0.3) is 21.9 Å². The van der Waals surface area contributed by atoms with Crippen molar-refractivity contribution in [2.24, 2.45) is 11.8 Å². The zero-order valence-electron chi connectivity index (χ0n) is 28.9. The Bertz CT molecular complexity index is 2190. The molecule has 6 rings (SSSR count). The number of nitrogens with one attached hydrogen (secondary N) is 2. The van der Waals surface area contributed by atoms with Gasteiger partial charge in [-0.3, -0.25) is 23.4 Å². The lowest BCUT2D eigenvalue weighted by Crippen LogP contribution is -2.38. The van der Waals surface area contributed by atoms with Crippen molar-refractivity contribution in [2.45, 2.75) is 37.8 Å². The number of Topliss-reactive ketones (excluding diaryl/α,β-unsaturated/α-hetero) is 2. The summed E-state index contributed by atoms with van der Waals surface area (Å²) in [5, 5.41) is 14.9. The summed E-state index contributed by atoms with van der Waals surface area (Å²) in [5.74, 6) is -4.77. The van der Waals surface area contributed by atoms with Crippen molar-refractivity contribution < 1.29 is 45.7 Å². The van der Waals surface area contributed by atoms with E-state index >= 15 is 0 Å². The summed E-state index contributed by atoms with van der Waals surface area (Å²) in [4.78, 5) is 49.2. The number of halogens is 4. The summed E-state index contributed by atoms with van der Waals surface area (Å²) >= 11 is 11.2. The molecule has 0 aliphatic heterocycles. The third kappa shape index (κ3) is 10.4. The van der Waals surface area contributed by atoms with Crippen molar-refractivity contribution in [1.29, 1.82) is 0 Å². The molecule has 0 heterocycles. The van der Waals surface area contributed by atoms with Gasteiger partial charge in [0.2, 0.25) is 11.6 Å². The van der Waals surface area contributed by atoms with Crippen LogP contribution in [0.1, 0.15) is 45.5 Å². The largest absolute Gasteiger partial charge is 0.396 e.